The van der Waals surface area contributed by atoms with Crippen molar-refractivity contribution in [2.75, 3.05) is 39.3 Å². The van der Waals surface area contributed by atoms with Crippen LogP contribution in [0.4, 0.5) is 4.39 Å². The highest BCUT2D eigenvalue weighted by atomic mass is 127. The van der Waals surface area contributed by atoms with Gasteiger partial charge < -0.3 is 25.6 Å². The maximum atomic E-state index is 13.3. The lowest BCUT2D eigenvalue weighted by Crippen LogP contribution is -2.39. The maximum Gasteiger partial charge on any atom is 0.191 e. The van der Waals surface area contributed by atoms with Gasteiger partial charge in [-0.25, -0.2) is 4.39 Å². The molecule has 1 fully saturated rings. The number of likely N-dealkylation sites (tertiary alicyclic amines) is 1. The number of aliphatic hydroxyl groups is 1. The molecule has 0 radical (unpaired) electrons. The summed E-state index contributed by atoms with van der Waals surface area (Å²) in [5.41, 5.74) is 2.01. The van der Waals surface area contributed by atoms with Crippen LogP contribution >= 0.6 is 24.0 Å². The Balaban J connectivity index is 0.00000300. The van der Waals surface area contributed by atoms with E-state index >= 15 is 0 Å². The number of benzene rings is 1. The lowest BCUT2D eigenvalue weighted by atomic mass is 10.1. The highest BCUT2D eigenvalue weighted by Crippen LogP contribution is 2.19. The van der Waals surface area contributed by atoms with Crippen molar-refractivity contribution in [1.29, 1.82) is 0 Å². The molecule has 0 aliphatic carbocycles. The van der Waals surface area contributed by atoms with Gasteiger partial charge in [0.1, 0.15) is 5.82 Å². The molecular formula is C21H33FIN5O. The Kier molecular flexibility index (Phi) is 10.2. The fourth-order valence-corrected chi connectivity index (χ4v) is 3.65. The van der Waals surface area contributed by atoms with Gasteiger partial charge in [0.2, 0.25) is 0 Å². The average Bonchev–Trinajstić information content (AvgIpc) is 3.08. The van der Waals surface area contributed by atoms with Gasteiger partial charge in [0.25, 0.3) is 0 Å². The summed E-state index contributed by atoms with van der Waals surface area (Å²) in [6.45, 7) is 7.42. The molecule has 3 rings (SSSR count). The van der Waals surface area contributed by atoms with Crippen molar-refractivity contribution in [2.45, 2.75) is 38.7 Å². The normalized spacial score (nSPS) is 16.0. The minimum atomic E-state index is -0.221. The number of rotatable bonds is 8. The van der Waals surface area contributed by atoms with Crippen LogP contribution in [0.15, 0.2) is 29.4 Å². The van der Waals surface area contributed by atoms with Gasteiger partial charge >= 0.3 is 0 Å². The van der Waals surface area contributed by atoms with Crippen LogP contribution in [-0.2, 0) is 6.42 Å². The highest BCUT2D eigenvalue weighted by Gasteiger charge is 2.15. The SMILES string of the molecule is CCNC(=NCCCN1CCC(O)CC1)NCCc1c[nH]c2cc(F)ccc12.I. The first-order valence-electron chi connectivity index (χ1n) is 10.3. The van der Waals surface area contributed by atoms with E-state index in [0.717, 1.165) is 81.8 Å². The number of aliphatic hydroxyl groups excluding tert-OH is 1. The van der Waals surface area contributed by atoms with E-state index in [2.05, 4.69) is 32.4 Å². The second-order valence-corrected chi connectivity index (χ2v) is 7.37. The molecule has 0 amide bonds. The quantitative estimate of drug-likeness (QED) is 0.188. The number of aromatic amines is 1. The van der Waals surface area contributed by atoms with E-state index in [9.17, 15) is 9.50 Å². The molecule has 1 saturated heterocycles. The van der Waals surface area contributed by atoms with Crippen LogP contribution in [0.2, 0.25) is 0 Å². The Morgan fingerprint density at radius 1 is 1.31 bits per heavy atom. The third-order valence-corrected chi connectivity index (χ3v) is 5.22. The van der Waals surface area contributed by atoms with Crippen LogP contribution in [0.3, 0.4) is 0 Å². The van der Waals surface area contributed by atoms with Gasteiger partial charge in [-0.1, -0.05) is 0 Å². The number of fused-ring (bicyclic) bond motifs is 1. The molecule has 1 aromatic heterocycles. The standard InChI is InChI=1S/C21H32FN5O.HI/c1-2-23-21(24-9-3-11-27-12-7-18(28)8-13-27)25-10-6-16-15-26-20-14-17(22)4-5-19(16)20;/h4-5,14-15,18,26,28H,2-3,6-13H2,1H3,(H2,23,24,25);1H. The monoisotopic (exact) mass is 517 g/mol. The van der Waals surface area contributed by atoms with Crippen LogP contribution < -0.4 is 10.6 Å². The van der Waals surface area contributed by atoms with E-state index in [4.69, 9.17) is 0 Å². The van der Waals surface area contributed by atoms with Crippen molar-refractivity contribution in [3.63, 3.8) is 0 Å². The molecule has 1 aromatic carbocycles. The number of hydrogen-bond donors (Lipinski definition) is 4. The van der Waals surface area contributed by atoms with Crippen LogP contribution in [0, 0.1) is 5.82 Å². The fourth-order valence-electron chi connectivity index (χ4n) is 3.65. The minimum absolute atomic E-state index is 0. The summed E-state index contributed by atoms with van der Waals surface area (Å²) in [6.07, 6.45) is 5.45. The Morgan fingerprint density at radius 3 is 2.86 bits per heavy atom. The Labute approximate surface area is 189 Å². The maximum absolute atomic E-state index is 13.3. The Hall–Kier alpha value is -1.39. The van der Waals surface area contributed by atoms with Gasteiger partial charge in [0.15, 0.2) is 5.96 Å². The second kappa shape index (κ2) is 12.3. The summed E-state index contributed by atoms with van der Waals surface area (Å²) >= 11 is 0. The molecule has 4 N–H and O–H groups in total. The summed E-state index contributed by atoms with van der Waals surface area (Å²) in [4.78, 5) is 10.2. The van der Waals surface area contributed by atoms with Gasteiger partial charge in [0, 0.05) is 49.8 Å². The number of nitrogens with zero attached hydrogens (tertiary/aromatic N) is 2. The lowest BCUT2D eigenvalue weighted by molar-refractivity contribution is 0.0824. The van der Waals surface area contributed by atoms with Crippen LogP contribution in [0.25, 0.3) is 10.9 Å². The van der Waals surface area contributed by atoms with Crippen LogP contribution in [0.1, 0.15) is 31.7 Å². The van der Waals surface area contributed by atoms with Gasteiger partial charge in [-0.3, -0.25) is 4.99 Å². The molecule has 1 aliphatic rings. The minimum Gasteiger partial charge on any atom is -0.393 e. The number of aliphatic imine (C=N–C) groups is 1. The molecule has 8 heteroatoms. The lowest BCUT2D eigenvalue weighted by Gasteiger charge is -2.29. The van der Waals surface area contributed by atoms with Gasteiger partial charge in [-0.05, 0) is 62.9 Å². The van der Waals surface area contributed by atoms with E-state index in [1.165, 1.54) is 17.7 Å². The predicted octanol–water partition coefficient (Wildman–Crippen LogP) is 2.87. The molecular weight excluding hydrogens is 484 g/mol. The van der Waals surface area contributed by atoms with Gasteiger partial charge in [-0.2, -0.15) is 0 Å². The van der Waals surface area contributed by atoms with E-state index < -0.39 is 0 Å². The van der Waals surface area contributed by atoms with Gasteiger partial charge in [-0.15, -0.1) is 24.0 Å². The summed E-state index contributed by atoms with van der Waals surface area (Å²) in [5, 5.41) is 17.3. The van der Waals surface area contributed by atoms with E-state index in [1.807, 2.05) is 12.3 Å². The molecule has 6 nitrogen and oxygen atoms in total. The number of piperidine rings is 1. The first-order chi connectivity index (χ1) is 13.7. The number of H-pyrrole nitrogens is 1. The second-order valence-electron chi connectivity index (χ2n) is 7.37. The fraction of sp³-hybridized carbons (Fsp3) is 0.571. The summed E-state index contributed by atoms with van der Waals surface area (Å²) in [7, 11) is 0. The zero-order chi connectivity index (χ0) is 19.8. The molecule has 2 aromatic rings. The zero-order valence-electron chi connectivity index (χ0n) is 17.1. The first kappa shape index (κ1) is 23.9. The number of hydrogen-bond acceptors (Lipinski definition) is 3. The van der Waals surface area contributed by atoms with Crippen LogP contribution in [0.5, 0.6) is 0 Å². The molecule has 0 saturated carbocycles. The van der Waals surface area contributed by atoms with E-state index in [-0.39, 0.29) is 35.9 Å². The summed E-state index contributed by atoms with van der Waals surface area (Å²) in [5.74, 6) is 0.615. The molecule has 0 atom stereocenters. The summed E-state index contributed by atoms with van der Waals surface area (Å²) in [6, 6.07) is 4.86. The molecule has 2 heterocycles. The molecule has 0 spiro atoms. The van der Waals surface area contributed by atoms with E-state index in [1.54, 1.807) is 0 Å². The van der Waals surface area contributed by atoms with E-state index in [0.29, 0.717) is 0 Å². The molecule has 0 bridgehead atoms. The zero-order valence-corrected chi connectivity index (χ0v) is 19.4. The molecule has 29 heavy (non-hydrogen) atoms. The number of nitrogens with one attached hydrogen (secondary N) is 3. The number of guanidine groups is 1. The van der Waals surface area contributed by atoms with Crippen molar-refractivity contribution >= 4 is 40.8 Å². The molecule has 0 unspecified atom stereocenters. The van der Waals surface area contributed by atoms with Crippen molar-refractivity contribution in [3.8, 4) is 0 Å². The number of aromatic nitrogens is 1. The molecule has 162 valence electrons. The average molecular weight is 517 g/mol. The van der Waals surface area contributed by atoms with Crippen molar-refractivity contribution in [2.24, 2.45) is 4.99 Å². The third kappa shape index (κ3) is 7.42. The topological polar surface area (TPSA) is 75.7 Å². The first-order valence-corrected chi connectivity index (χ1v) is 10.3. The van der Waals surface area contributed by atoms with Crippen molar-refractivity contribution in [3.05, 3.63) is 35.8 Å². The van der Waals surface area contributed by atoms with Crippen molar-refractivity contribution < 1.29 is 9.50 Å². The largest absolute Gasteiger partial charge is 0.393 e. The highest BCUT2D eigenvalue weighted by molar-refractivity contribution is 14.0. The van der Waals surface area contributed by atoms with Gasteiger partial charge in [0.05, 0.1) is 6.10 Å². The van der Waals surface area contributed by atoms with Crippen LogP contribution in [-0.4, -0.2) is 66.3 Å². The third-order valence-electron chi connectivity index (χ3n) is 5.22. The number of halogens is 2. The predicted molar refractivity (Wildman–Crippen MR) is 128 cm³/mol. The Morgan fingerprint density at radius 2 is 2.10 bits per heavy atom. The summed E-state index contributed by atoms with van der Waals surface area (Å²) < 4.78 is 13.3. The van der Waals surface area contributed by atoms with Crippen molar-refractivity contribution in [1.82, 2.24) is 20.5 Å². The molecule has 1 aliphatic heterocycles. The smallest absolute Gasteiger partial charge is 0.191 e. The Bertz CT molecular complexity index is 774.